The molecule has 1 unspecified atom stereocenters. The van der Waals surface area contributed by atoms with Crippen LogP contribution in [0.1, 0.15) is 52.8 Å². The lowest BCUT2D eigenvalue weighted by Crippen LogP contribution is -2.69. The molecule has 4 heteroatoms. The fourth-order valence-electron chi connectivity index (χ4n) is 3.50. The monoisotopic (exact) mass is 292 g/mol. The maximum atomic E-state index is 4.33. The van der Waals surface area contributed by atoms with E-state index in [9.17, 15) is 0 Å². The number of imidazole rings is 1. The molecule has 1 atom stereocenters. The Hall–Kier alpha value is -0.870. The van der Waals surface area contributed by atoms with Crippen LogP contribution in [0, 0.1) is 6.92 Å². The molecule has 21 heavy (non-hydrogen) atoms. The Morgan fingerprint density at radius 2 is 1.90 bits per heavy atom. The van der Waals surface area contributed by atoms with Crippen molar-refractivity contribution in [1.82, 2.24) is 19.8 Å². The molecule has 1 N–H and O–H groups in total. The molecular formula is C17H32N4. The summed E-state index contributed by atoms with van der Waals surface area (Å²) in [7, 11) is 0. The first-order chi connectivity index (χ1) is 9.98. The first-order valence-corrected chi connectivity index (χ1v) is 8.46. The van der Waals surface area contributed by atoms with Gasteiger partial charge in [0, 0.05) is 49.7 Å². The van der Waals surface area contributed by atoms with Crippen LogP contribution in [0.3, 0.4) is 0 Å². The number of nitrogens with zero attached hydrogens (tertiary/aromatic N) is 3. The highest BCUT2D eigenvalue weighted by molar-refractivity contribution is 5.02. The van der Waals surface area contributed by atoms with Gasteiger partial charge < -0.3 is 9.88 Å². The highest BCUT2D eigenvalue weighted by Gasteiger charge is 2.42. The highest BCUT2D eigenvalue weighted by atomic mass is 15.3. The van der Waals surface area contributed by atoms with Crippen LogP contribution in [0.15, 0.2) is 12.4 Å². The number of hydrogen-bond donors (Lipinski definition) is 1. The molecule has 1 aromatic rings. The summed E-state index contributed by atoms with van der Waals surface area (Å²) >= 11 is 0. The summed E-state index contributed by atoms with van der Waals surface area (Å²) in [5.74, 6) is 1.11. The zero-order valence-electron chi connectivity index (χ0n) is 14.4. The molecule has 0 amide bonds. The van der Waals surface area contributed by atoms with E-state index in [2.05, 4.69) is 60.6 Å². The Kier molecular flexibility index (Phi) is 5.10. The molecular weight excluding hydrogens is 260 g/mol. The molecule has 1 fully saturated rings. The number of nitrogens with one attached hydrogen (secondary N) is 1. The van der Waals surface area contributed by atoms with Gasteiger partial charge in [-0.1, -0.05) is 20.8 Å². The first kappa shape index (κ1) is 16.5. The van der Waals surface area contributed by atoms with Gasteiger partial charge in [0.25, 0.3) is 0 Å². The summed E-state index contributed by atoms with van der Waals surface area (Å²) in [5.41, 5.74) is 0.557. The van der Waals surface area contributed by atoms with Gasteiger partial charge >= 0.3 is 0 Å². The van der Waals surface area contributed by atoms with Gasteiger partial charge in [0.1, 0.15) is 5.82 Å². The number of piperazine rings is 1. The van der Waals surface area contributed by atoms with Gasteiger partial charge in [-0.2, -0.15) is 0 Å². The van der Waals surface area contributed by atoms with Crippen molar-refractivity contribution in [2.75, 3.05) is 19.6 Å². The summed E-state index contributed by atoms with van der Waals surface area (Å²) in [5, 5.41) is 3.81. The maximum Gasteiger partial charge on any atom is 0.105 e. The minimum absolute atomic E-state index is 0.248. The van der Waals surface area contributed by atoms with E-state index in [0.717, 1.165) is 32.0 Å². The molecule has 0 radical (unpaired) electrons. The summed E-state index contributed by atoms with van der Waals surface area (Å²) in [6.45, 7) is 15.8. The van der Waals surface area contributed by atoms with Crippen LogP contribution in [-0.4, -0.2) is 45.2 Å². The van der Waals surface area contributed by atoms with E-state index in [4.69, 9.17) is 0 Å². The standard InChI is InChI=1S/C17H32N4/c1-6-16(5)14-21(17(7-2,8-3)13-19-16)12-11-20-10-9-18-15(20)4/h9-10,19H,6-8,11-14H2,1-5H3. The smallest absolute Gasteiger partial charge is 0.105 e. The van der Waals surface area contributed by atoms with Crippen LogP contribution in [-0.2, 0) is 6.54 Å². The number of aromatic nitrogens is 2. The van der Waals surface area contributed by atoms with Crippen LogP contribution in [0.4, 0.5) is 0 Å². The van der Waals surface area contributed by atoms with E-state index in [1.54, 1.807) is 0 Å². The Morgan fingerprint density at radius 3 is 2.43 bits per heavy atom. The van der Waals surface area contributed by atoms with E-state index in [0.29, 0.717) is 5.54 Å². The summed E-state index contributed by atoms with van der Waals surface area (Å²) in [4.78, 5) is 7.06. The van der Waals surface area contributed by atoms with Gasteiger partial charge in [-0.15, -0.1) is 0 Å². The van der Waals surface area contributed by atoms with Crippen LogP contribution < -0.4 is 5.32 Å². The van der Waals surface area contributed by atoms with Crippen molar-refractivity contribution in [2.45, 2.75) is 71.5 Å². The van der Waals surface area contributed by atoms with Crippen molar-refractivity contribution in [2.24, 2.45) is 0 Å². The van der Waals surface area contributed by atoms with E-state index in [1.807, 2.05) is 6.20 Å². The SMILES string of the molecule is CCC1(C)CN(CCn2ccnc2C)C(CC)(CC)CN1. The molecule has 1 aromatic heterocycles. The van der Waals surface area contributed by atoms with Gasteiger partial charge in [0.15, 0.2) is 0 Å². The van der Waals surface area contributed by atoms with Gasteiger partial charge in [-0.05, 0) is 33.1 Å². The van der Waals surface area contributed by atoms with Crippen molar-refractivity contribution >= 4 is 0 Å². The molecule has 2 rings (SSSR count). The fourth-order valence-corrected chi connectivity index (χ4v) is 3.50. The molecule has 1 saturated heterocycles. The van der Waals surface area contributed by atoms with Crippen LogP contribution >= 0.6 is 0 Å². The Morgan fingerprint density at radius 1 is 1.19 bits per heavy atom. The second-order valence-corrected chi connectivity index (χ2v) is 6.79. The third kappa shape index (κ3) is 3.32. The summed E-state index contributed by atoms with van der Waals surface area (Å²) in [6, 6.07) is 0. The lowest BCUT2D eigenvalue weighted by molar-refractivity contribution is 0.0000353. The van der Waals surface area contributed by atoms with Gasteiger partial charge in [-0.25, -0.2) is 4.98 Å². The summed E-state index contributed by atoms with van der Waals surface area (Å²) in [6.07, 6.45) is 7.59. The molecule has 2 heterocycles. The maximum absolute atomic E-state index is 4.33. The largest absolute Gasteiger partial charge is 0.334 e. The number of rotatable bonds is 6. The Bertz CT molecular complexity index is 449. The zero-order chi connectivity index (χ0) is 15.5. The quantitative estimate of drug-likeness (QED) is 0.875. The topological polar surface area (TPSA) is 33.1 Å². The van der Waals surface area contributed by atoms with Gasteiger partial charge in [0.2, 0.25) is 0 Å². The van der Waals surface area contributed by atoms with Crippen molar-refractivity contribution in [3.05, 3.63) is 18.2 Å². The summed E-state index contributed by atoms with van der Waals surface area (Å²) < 4.78 is 2.27. The Balaban J connectivity index is 2.11. The minimum Gasteiger partial charge on any atom is -0.334 e. The van der Waals surface area contributed by atoms with E-state index < -0.39 is 0 Å². The normalized spacial score (nSPS) is 26.1. The van der Waals surface area contributed by atoms with Crippen molar-refractivity contribution in [1.29, 1.82) is 0 Å². The average Bonchev–Trinajstić information content (AvgIpc) is 2.91. The van der Waals surface area contributed by atoms with Gasteiger partial charge in [-0.3, -0.25) is 4.90 Å². The molecule has 0 saturated carbocycles. The molecule has 0 aliphatic carbocycles. The number of hydrogen-bond acceptors (Lipinski definition) is 3. The zero-order valence-corrected chi connectivity index (χ0v) is 14.4. The van der Waals surface area contributed by atoms with Crippen LogP contribution in [0.2, 0.25) is 0 Å². The average molecular weight is 292 g/mol. The third-order valence-electron chi connectivity index (χ3n) is 5.69. The predicted octanol–water partition coefficient (Wildman–Crippen LogP) is 2.82. The predicted molar refractivity (Wildman–Crippen MR) is 88.5 cm³/mol. The molecule has 0 bridgehead atoms. The molecule has 120 valence electrons. The number of aryl methyl sites for hydroxylation is 1. The van der Waals surface area contributed by atoms with Crippen LogP contribution in [0.5, 0.6) is 0 Å². The van der Waals surface area contributed by atoms with E-state index in [-0.39, 0.29) is 5.54 Å². The van der Waals surface area contributed by atoms with Crippen molar-refractivity contribution in [3.63, 3.8) is 0 Å². The first-order valence-electron chi connectivity index (χ1n) is 8.46. The molecule has 0 aromatic carbocycles. The van der Waals surface area contributed by atoms with Crippen LogP contribution in [0.25, 0.3) is 0 Å². The Labute approximate surface area is 129 Å². The van der Waals surface area contributed by atoms with Gasteiger partial charge in [0.05, 0.1) is 0 Å². The van der Waals surface area contributed by atoms with E-state index >= 15 is 0 Å². The lowest BCUT2D eigenvalue weighted by atomic mass is 9.82. The molecule has 1 aliphatic heterocycles. The minimum atomic E-state index is 0.248. The van der Waals surface area contributed by atoms with Crippen molar-refractivity contribution < 1.29 is 0 Å². The molecule has 1 aliphatic rings. The van der Waals surface area contributed by atoms with E-state index in [1.165, 1.54) is 19.3 Å². The molecule has 0 spiro atoms. The fraction of sp³-hybridized carbons (Fsp3) is 0.824. The van der Waals surface area contributed by atoms with Crippen molar-refractivity contribution in [3.8, 4) is 0 Å². The second-order valence-electron chi connectivity index (χ2n) is 6.79. The molecule has 4 nitrogen and oxygen atoms in total. The third-order valence-corrected chi connectivity index (χ3v) is 5.69. The second kappa shape index (κ2) is 6.49. The lowest BCUT2D eigenvalue weighted by Gasteiger charge is -2.53. The highest BCUT2D eigenvalue weighted by Crippen LogP contribution is 2.31.